The van der Waals surface area contributed by atoms with E-state index in [0.29, 0.717) is 6.54 Å². The van der Waals surface area contributed by atoms with E-state index < -0.39 is 5.54 Å². The summed E-state index contributed by atoms with van der Waals surface area (Å²) in [6, 6.07) is 16.6. The molecule has 0 amide bonds. The van der Waals surface area contributed by atoms with Gasteiger partial charge in [0.1, 0.15) is 5.82 Å². The molecule has 0 heterocycles. The van der Waals surface area contributed by atoms with Crippen LogP contribution < -0.4 is 10.6 Å². The predicted octanol–water partition coefficient (Wildman–Crippen LogP) is 3.53. The molecule has 1 atom stereocenters. The third kappa shape index (κ3) is 3.36. The molecule has 2 aromatic rings. The number of hydrogen-bond donors (Lipinski definition) is 1. The molecular formula is C17H21FN2. The summed E-state index contributed by atoms with van der Waals surface area (Å²) in [5.74, 6) is -0.219. The maximum absolute atomic E-state index is 13.0. The minimum absolute atomic E-state index is 0.219. The first kappa shape index (κ1) is 14.5. The van der Waals surface area contributed by atoms with Gasteiger partial charge in [0.2, 0.25) is 0 Å². The zero-order valence-electron chi connectivity index (χ0n) is 12.0. The fourth-order valence-corrected chi connectivity index (χ4v) is 2.34. The lowest BCUT2D eigenvalue weighted by Gasteiger charge is -2.34. The van der Waals surface area contributed by atoms with Gasteiger partial charge in [0.25, 0.3) is 0 Å². The van der Waals surface area contributed by atoms with Crippen molar-refractivity contribution in [3.05, 3.63) is 66.0 Å². The topological polar surface area (TPSA) is 29.3 Å². The Hall–Kier alpha value is -1.87. The van der Waals surface area contributed by atoms with Crippen LogP contribution in [0, 0.1) is 5.82 Å². The number of likely N-dealkylation sites (N-methyl/N-ethyl adjacent to an activating group) is 1. The van der Waals surface area contributed by atoms with Crippen molar-refractivity contribution in [2.24, 2.45) is 5.73 Å². The second-order valence-corrected chi connectivity index (χ2v) is 5.27. The first-order valence-corrected chi connectivity index (χ1v) is 6.88. The Morgan fingerprint density at radius 3 is 2.20 bits per heavy atom. The van der Waals surface area contributed by atoms with Crippen LogP contribution in [0.3, 0.4) is 0 Å². The summed E-state index contributed by atoms with van der Waals surface area (Å²) >= 11 is 0. The summed E-state index contributed by atoms with van der Waals surface area (Å²) in [6.45, 7) is 5.60. The highest BCUT2D eigenvalue weighted by atomic mass is 19.1. The van der Waals surface area contributed by atoms with Crippen LogP contribution in [-0.4, -0.2) is 13.1 Å². The summed E-state index contributed by atoms with van der Waals surface area (Å²) in [7, 11) is 0. The van der Waals surface area contributed by atoms with Crippen molar-refractivity contribution in [3.63, 3.8) is 0 Å². The first-order valence-electron chi connectivity index (χ1n) is 6.88. The van der Waals surface area contributed by atoms with Crippen LogP contribution in [0.2, 0.25) is 0 Å². The third-order valence-corrected chi connectivity index (χ3v) is 3.53. The Morgan fingerprint density at radius 2 is 1.65 bits per heavy atom. The molecule has 0 saturated carbocycles. The molecule has 2 rings (SSSR count). The van der Waals surface area contributed by atoms with Crippen LogP contribution in [0.15, 0.2) is 54.6 Å². The highest BCUT2D eigenvalue weighted by Crippen LogP contribution is 2.23. The normalized spacial score (nSPS) is 13.8. The Labute approximate surface area is 120 Å². The Balaban J connectivity index is 2.19. The molecule has 1 unspecified atom stereocenters. The average molecular weight is 272 g/mol. The number of anilines is 1. The lowest BCUT2D eigenvalue weighted by Crippen LogP contribution is -2.45. The molecule has 0 bridgehead atoms. The molecule has 0 radical (unpaired) electrons. The van der Waals surface area contributed by atoms with E-state index in [-0.39, 0.29) is 5.82 Å². The van der Waals surface area contributed by atoms with Gasteiger partial charge in [0, 0.05) is 18.8 Å². The van der Waals surface area contributed by atoms with Crippen LogP contribution in [-0.2, 0) is 5.54 Å². The number of rotatable bonds is 5. The van der Waals surface area contributed by atoms with Crippen LogP contribution in [0.25, 0.3) is 0 Å². The highest BCUT2D eigenvalue weighted by Gasteiger charge is 2.24. The van der Waals surface area contributed by atoms with E-state index in [9.17, 15) is 4.39 Å². The molecule has 106 valence electrons. The number of hydrogen-bond acceptors (Lipinski definition) is 2. The van der Waals surface area contributed by atoms with Gasteiger partial charge >= 0.3 is 0 Å². The summed E-state index contributed by atoms with van der Waals surface area (Å²) in [4.78, 5) is 2.16. The molecule has 0 aliphatic rings. The predicted molar refractivity (Wildman–Crippen MR) is 82.3 cm³/mol. The zero-order valence-corrected chi connectivity index (χ0v) is 12.0. The Bertz CT molecular complexity index is 535. The molecule has 0 spiro atoms. The molecule has 0 aliphatic carbocycles. The third-order valence-electron chi connectivity index (χ3n) is 3.53. The molecule has 0 aromatic heterocycles. The molecule has 20 heavy (non-hydrogen) atoms. The quantitative estimate of drug-likeness (QED) is 0.902. The Kier molecular flexibility index (Phi) is 4.40. The smallest absolute Gasteiger partial charge is 0.123 e. The SMILES string of the molecule is CCN(CC(C)(N)c1ccccc1)c1ccc(F)cc1. The maximum atomic E-state index is 13.0. The van der Waals surface area contributed by atoms with Crippen molar-refractivity contribution in [1.29, 1.82) is 0 Å². The van der Waals surface area contributed by atoms with Gasteiger partial charge in [-0.1, -0.05) is 30.3 Å². The van der Waals surface area contributed by atoms with Gasteiger partial charge in [-0.15, -0.1) is 0 Å². The molecule has 2 nitrogen and oxygen atoms in total. The number of nitrogens with zero attached hydrogens (tertiary/aromatic N) is 1. The van der Waals surface area contributed by atoms with Crippen molar-refractivity contribution < 1.29 is 4.39 Å². The minimum atomic E-state index is -0.453. The van der Waals surface area contributed by atoms with Crippen LogP contribution >= 0.6 is 0 Å². The molecular weight excluding hydrogens is 251 g/mol. The van der Waals surface area contributed by atoms with Gasteiger partial charge < -0.3 is 10.6 Å². The van der Waals surface area contributed by atoms with Crippen molar-refractivity contribution in [3.8, 4) is 0 Å². The van der Waals surface area contributed by atoms with Crippen LogP contribution in [0.5, 0.6) is 0 Å². The van der Waals surface area contributed by atoms with E-state index >= 15 is 0 Å². The molecule has 2 aromatic carbocycles. The van der Waals surface area contributed by atoms with Crippen LogP contribution in [0.4, 0.5) is 10.1 Å². The van der Waals surface area contributed by atoms with E-state index in [4.69, 9.17) is 5.73 Å². The van der Waals surface area contributed by atoms with Gasteiger partial charge in [0.15, 0.2) is 0 Å². The Morgan fingerprint density at radius 1 is 1.05 bits per heavy atom. The van der Waals surface area contributed by atoms with E-state index in [1.54, 1.807) is 12.1 Å². The van der Waals surface area contributed by atoms with Gasteiger partial charge in [-0.25, -0.2) is 4.39 Å². The molecule has 0 saturated heterocycles. The van der Waals surface area contributed by atoms with E-state index in [1.165, 1.54) is 12.1 Å². The zero-order chi connectivity index (χ0) is 14.6. The van der Waals surface area contributed by atoms with Gasteiger partial charge in [-0.2, -0.15) is 0 Å². The second-order valence-electron chi connectivity index (χ2n) is 5.27. The number of benzene rings is 2. The fourth-order valence-electron chi connectivity index (χ4n) is 2.34. The lowest BCUT2D eigenvalue weighted by molar-refractivity contribution is 0.486. The van der Waals surface area contributed by atoms with Crippen LogP contribution in [0.1, 0.15) is 19.4 Å². The van der Waals surface area contributed by atoms with Gasteiger partial charge in [-0.05, 0) is 43.7 Å². The fraction of sp³-hybridized carbons (Fsp3) is 0.294. The van der Waals surface area contributed by atoms with E-state index in [2.05, 4.69) is 11.8 Å². The number of halogens is 1. The summed E-state index contributed by atoms with van der Waals surface area (Å²) in [5.41, 5.74) is 8.10. The number of nitrogens with two attached hydrogens (primary N) is 1. The largest absolute Gasteiger partial charge is 0.370 e. The second kappa shape index (κ2) is 6.06. The maximum Gasteiger partial charge on any atom is 0.123 e. The lowest BCUT2D eigenvalue weighted by atomic mass is 9.92. The monoisotopic (exact) mass is 272 g/mol. The standard InChI is InChI=1S/C17H21FN2/c1-3-20(16-11-9-15(18)10-12-16)13-17(2,19)14-7-5-4-6-8-14/h4-12H,3,13,19H2,1-2H3. The highest BCUT2D eigenvalue weighted by molar-refractivity contribution is 5.47. The van der Waals surface area contributed by atoms with Crippen molar-refractivity contribution in [2.45, 2.75) is 19.4 Å². The van der Waals surface area contributed by atoms with E-state index in [0.717, 1.165) is 17.8 Å². The minimum Gasteiger partial charge on any atom is -0.370 e. The van der Waals surface area contributed by atoms with Crippen molar-refractivity contribution in [2.75, 3.05) is 18.0 Å². The summed E-state index contributed by atoms with van der Waals surface area (Å²) in [5, 5.41) is 0. The molecule has 0 aliphatic heterocycles. The van der Waals surface area contributed by atoms with Gasteiger partial charge in [0.05, 0.1) is 5.54 Å². The van der Waals surface area contributed by atoms with E-state index in [1.807, 2.05) is 37.3 Å². The van der Waals surface area contributed by atoms with Crippen molar-refractivity contribution >= 4 is 5.69 Å². The molecule has 3 heteroatoms. The first-order chi connectivity index (χ1) is 9.53. The molecule has 2 N–H and O–H groups in total. The summed E-state index contributed by atoms with van der Waals surface area (Å²) < 4.78 is 13.0. The molecule has 0 fully saturated rings. The summed E-state index contributed by atoms with van der Waals surface area (Å²) in [6.07, 6.45) is 0. The average Bonchev–Trinajstić information content (AvgIpc) is 2.47. The van der Waals surface area contributed by atoms with Gasteiger partial charge in [-0.3, -0.25) is 0 Å². The van der Waals surface area contributed by atoms with Crippen molar-refractivity contribution in [1.82, 2.24) is 0 Å².